The van der Waals surface area contributed by atoms with Crippen molar-refractivity contribution in [2.24, 2.45) is 18.4 Å². The summed E-state index contributed by atoms with van der Waals surface area (Å²) in [5.41, 5.74) is 1.07. The van der Waals surface area contributed by atoms with Crippen LogP contribution in [0.15, 0.2) is 24.3 Å². The molecule has 0 radical (unpaired) electrons. The summed E-state index contributed by atoms with van der Waals surface area (Å²) in [5, 5.41) is 5.86. The summed E-state index contributed by atoms with van der Waals surface area (Å²) in [5.74, 6) is -0.279. The number of fused-ring (bicyclic) bond motifs is 1. The third-order valence-electron chi connectivity index (χ3n) is 7.69. The van der Waals surface area contributed by atoms with Gasteiger partial charge in [-0.1, -0.05) is 33.8 Å². The molecule has 1 aliphatic carbocycles. The maximum absolute atomic E-state index is 15.4. The van der Waals surface area contributed by atoms with Crippen LogP contribution in [0, 0.1) is 23.0 Å². The van der Waals surface area contributed by atoms with E-state index in [1.807, 2.05) is 6.92 Å². The Hall–Kier alpha value is -3.49. The van der Waals surface area contributed by atoms with Crippen LogP contribution < -0.4 is 15.4 Å². The van der Waals surface area contributed by atoms with E-state index >= 15 is 4.39 Å². The highest BCUT2D eigenvalue weighted by Crippen LogP contribution is 2.30. The monoisotopic (exact) mass is 554 g/mol. The molecule has 2 N–H and O–H groups in total. The van der Waals surface area contributed by atoms with Crippen LogP contribution in [-0.2, 0) is 24.8 Å². The zero-order valence-electron chi connectivity index (χ0n) is 24.3. The number of carbonyl (C=O) groups excluding carboxylic acids is 2. The number of benzene rings is 2. The van der Waals surface area contributed by atoms with E-state index in [0.717, 1.165) is 25.7 Å². The van der Waals surface area contributed by atoms with Crippen LogP contribution in [0.2, 0.25) is 0 Å². The summed E-state index contributed by atoms with van der Waals surface area (Å²) in [6.45, 7) is 9.72. The number of hydrogen-bond acceptors (Lipinski definition) is 4. The number of aryl methyl sites for hydroxylation is 1. The molecule has 0 atom stereocenters. The van der Waals surface area contributed by atoms with E-state index in [-0.39, 0.29) is 41.9 Å². The zero-order valence-corrected chi connectivity index (χ0v) is 24.3. The first-order chi connectivity index (χ1) is 18.9. The molecule has 2 amide bonds. The van der Waals surface area contributed by atoms with Gasteiger partial charge in [0.05, 0.1) is 23.2 Å². The highest BCUT2D eigenvalue weighted by molar-refractivity contribution is 6.00. The number of ether oxygens (including phenoxy) is 1. The van der Waals surface area contributed by atoms with Crippen molar-refractivity contribution in [3.8, 4) is 5.75 Å². The van der Waals surface area contributed by atoms with Gasteiger partial charge in [0.2, 0.25) is 5.91 Å². The van der Waals surface area contributed by atoms with Crippen molar-refractivity contribution < 1.29 is 23.1 Å². The summed E-state index contributed by atoms with van der Waals surface area (Å²) in [7, 11) is 1.77. The van der Waals surface area contributed by atoms with Gasteiger partial charge in [0.1, 0.15) is 23.2 Å². The van der Waals surface area contributed by atoms with Crippen molar-refractivity contribution in [1.82, 2.24) is 20.2 Å². The maximum atomic E-state index is 15.4. The predicted octanol–water partition coefficient (Wildman–Crippen LogP) is 5.81. The van der Waals surface area contributed by atoms with Gasteiger partial charge in [-0.2, -0.15) is 0 Å². The number of hydrogen-bond donors (Lipinski definition) is 2. The van der Waals surface area contributed by atoms with Crippen LogP contribution in [-0.4, -0.2) is 34.0 Å². The Morgan fingerprint density at radius 2 is 1.82 bits per heavy atom. The van der Waals surface area contributed by atoms with Gasteiger partial charge >= 0.3 is 0 Å². The van der Waals surface area contributed by atoms with Crippen LogP contribution in [0.3, 0.4) is 0 Å². The average molecular weight is 555 g/mol. The van der Waals surface area contributed by atoms with Crippen molar-refractivity contribution in [3.05, 3.63) is 58.4 Å². The average Bonchev–Trinajstić information content (AvgIpc) is 3.20. The topological polar surface area (TPSA) is 85.2 Å². The molecule has 40 heavy (non-hydrogen) atoms. The molecule has 0 unspecified atom stereocenters. The Balaban J connectivity index is 1.62. The second-order valence-corrected chi connectivity index (χ2v) is 11.9. The van der Waals surface area contributed by atoms with E-state index in [9.17, 15) is 14.0 Å². The third-order valence-corrected chi connectivity index (χ3v) is 7.69. The van der Waals surface area contributed by atoms with Crippen LogP contribution >= 0.6 is 0 Å². The van der Waals surface area contributed by atoms with Crippen LogP contribution in [0.4, 0.5) is 8.78 Å². The lowest BCUT2D eigenvalue weighted by atomic mass is 9.87. The fraction of sp³-hybridized carbons (Fsp3) is 0.516. The van der Waals surface area contributed by atoms with E-state index in [1.165, 1.54) is 12.1 Å². The normalized spacial score (nSPS) is 17.6. The molecule has 1 saturated carbocycles. The molecule has 0 spiro atoms. The lowest BCUT2D eigenvalue weighted by Gasteiger charge is -2.27. The van der Waals surface area contributed by atoms with E-state index in [1.54, 1.807) is 44.5 Å². The number of rotatable bonds is 8. The minimum absolute atomic E-state index is 0.0478. The molecule has 1 aliphatic rings. The second kappa shape index (κ2) is 11.9. The van der Waals surface area contributed by atoms with E-state index in [4.69, 9.17) is 4.74 Å². The fourth-order valence-corrected chi connectivity index (χ4v) is 5.09. The highest BCUT2D eigenvalue weighted by Gasteiger charge is 2.25. The largest absolute Gasteiger partial charge is 0.493 e. The van der Waals surface area contributed by atoms with Crippen LogP contribution in [0.5, 0.6) is 5.75 Å². The lowest BCUT2D eigenvalue weighted by molar-refractivity contribution is -0.128. The Bertz CT molecular complexity index is 1400. The Kier molecular flexibility index (Phi) is 8.80. The van der Waals surface area contributed by atoms with E-state index < -0.39 is 17.0 Å². The smallest absolute Gasteiger partial charge is 0.255 e. The zero-order chi connectivity index (χ0) is 29.2. The number of aromatic nitrogens is 2. The van der Waals surface area contributed by atoms with Gasteiger partial charge in [0, 0.05) is 48.7 Å². The van der Waals surface area contributed by atoms with Crippen molar-refractivity contribution in [2.75, 3.05) is 6.61 Å². The molecule has 9 heteroatoms. The summed E-state index contributed by atoms with van der Waals surface area (Å²) < 4.78 is 37.9. The number of amides is 2. The SMILES string of the molecule is CCOc1cc2c(cc1C(=O)NC1CCC(C)CC1)nc(Cc1c(F)ccc(CNC(=O)C(C)(C)C)c1F)n2C. The Morgan fingerprint density at radius 3 is 2.48 bits per heavy atom. The predicted molar refractivity (Wildman–Crippen MR) is 151 cm³/mol. The minimum Gasteiger partial charge on any atom is -0.493 e. The summed E-state index contributed by atoms with van der Waals surface area (Å²) in [6, 6.07) is 6.13. The molecular formula is C31H40F2N4O3. The molecule has 1 aromatic heterocycles. The van der Waals surface area contributed by atoms with Gasteiger partial charge in [0.25, 0.3) is 5.91 Å². The molecule has 216 valence electrons. The van der Waals surface area contributed by atoms with Gasteiger partial charge < -0.3 is 19.9 Å². The number of carbonyl (C=O) groups is 2. The standard InChI is InChI=1S/C31H40F2N4O3/c1-7-40-26-16-25-24(14-22(26)29(38)35-20-11-8-18(2)9-12-20)36-27(37(25)6)15-21-23(32)13-10-19(28(21)33)17-34-30(39)31(3,4)5/h10,13-14,16,18,20H,7-9,11-12,15,17H2,1-6H3,(H,34,39)(H,35,38). The number of nitrogens with one attached hydrogen (secondary N) is 2. The van der Waals surface area contributed by atoms with E-state index in [0.29, 0.717) is 40.7 Å². The maximum Gasteiger partial charge on any atom is 0.255 e. The number of imidazole rings is 1. The number of nitrogens with zero attached hydrogens (tertiary/aromatic N) is 2. The molecule has 3 aromatic rings. The molecular weight excluding hydrogens is 514 g/mol. The quantitative estimate of drug-likeness (QED) is 0.368. The molecule has 7 nitrogen and oxygen atoms in total. The first kappa shape index (κ1) is 29.5. The van der Waals surface area contributed by atoms with Crippen LogP contribution in [0.25, 0.3) is 11.0 Å². The minimum atomic E-state index is -0.710. The van der Waals surface area contributed by atoms with Crippen molar-refractivity contribution in [2.45, 2.75) is 79.3 Å². The van der Waals surface area contributed by atoms with Gasteiger partial charge in [-0.15, -0.1) is 0 Å². The van der Waals surface area contributed by atoms with Gasteiger partial charge in [0.15, 0.2) is 0 Å². The highest BCUT2D eigenvalue weighted by atomic mass is 19.1. The van der Waals surface area contributed by atoms with Gasteiger partial charge in [-0.05, 0) is 50.7 Å². The first-order valence-corrected chi connectivity index (χ1v) is 14.1. The first-order valence-electron chi connectivity index (χ1n) is 14.1. The molecule has 1 fully saturated rings. The Morgan fingerprint density at radius 1 is 1.12 bits per heavy atom. The number of halogens is 2. The Labute approximate surface area is 234 Å². The van der Waals surface area contributed by atoms with Crippen molar-refractivity contribution >= 4 is 22.8 Å². The summed E-state index contributed by atoms with van der Waals surface area (Å²) in [4.78, 5) is 30.2. The molecule has 0 bridgehead atoms. The summed E-state index contributed by atoms with van der Waals surface area (Å²) in [6.07, 6.45) is 3.97. The van der Waals surface area contributed by atoms with Crippen molar-refractivity contribution in [3.63, 3.8) is 0 Å². The van der Waals surface area contributed by atoms with E-state index in [2.05, 4.69) is 22.5 Å². The van der Waals surface area contributed by atoms with Crippen LogP contribution in [0.1, 0.15) is 87.6 Å². The fourth-order valence-electron chi connectivity index (χ4n) is 5.09. The molecule has 2 aromatic carbocycles. The second-order valence-electron chi connectivity index (χ2n) is 11.9. The molecule has 0 aliphatic heterocycles. The van der Waals surface area contributed by atoms with Gasteiger partial charge in [-0.3, -0.25) is 9.59 Å². The van der Waals surface area contributed by atoms with Gasteiger partial charge in [-0.25, -0.2) is 13.8 Å². The third kappa shape index (κ3) is 6.45. The summed E-state index contributed by atoms with van der Waals surface area (Å²) >= 11 is 0. The molecule has 1 heterocycles. The molecule has 4 rings (SSSR count). The van der Waals surface area contributed by atoms with Crippen molar-refractivity contribution in [1.29, 1.82) is 0 Å². The molecule has 0 saturated heterocycles. The lowest BCUT2D eigenvalue weighted by Crippen LogP contribution is -2.37.